The van der Waals surface area contributed by atoms with E-state index >= 15 is 0 Å². The summed E-state index contributed by atoms with van der Waals surface area (Å²) in [5.41, 5.74) is 6.82. The number of aryl methyl sites for hydroxylation is 2. The van der Waals surface area contributed by atoms with Crippen molar-refractivity contribution in [2.24, 2.45) is 13.0 Å². The van der Waals surface area contributed by atoms with Gasteiger partial charge in [0, 0.05) is 62.8 Å². The van der Waals surface area contributed by atoms with Gasteiger partial charge in [-0.2, -0.15) is 0 Å². The molecule has 0 unspecified atom stereocenters. The first kappa shape index (κ1) is 25.4. The van der Waals surface area contributed by atoms with Crippen LogP contribution in [0.25, 0.3) is 33.8 Å². The molecule has 0 saturated carbocycles. The first-order valence-corrected chi connectivity index (χ1v) is 14.7. The van der Waals surface area contributed by atoms with Crippen LogP contribution < -0.4 is 4.90 Å². The molecule has 0 N–H and O–H groups in total. The van der Waals surface area contributed by atoms with Gasteiger partial charge in [0.15, 0.2) is 15.5 Å². The Labute approximate surface area is 219 Å². The molecule has 5 rings (SSSR count). The van der Waals surface area contributed by atoms with Gasteiger partial charge < -0.3 is 9.47 Å². The van der Waals surface area contributed by atoms with E-state index in [9.17, 15) is 8.42 Å². The molecule has 7 nitrogen and oxygen atoms in total. The third-order valence-electron chi connectivity index (χ3n) is 7.08. The molecule has 0 aliphatic carbocycles. The Kier molecular flexibility index (Phi) is 6.81. The fraction of sp³-hybridized carbons (Fsp3) is 0.379. The van der Waals surface area contributed by atoms with Crippen LogP contribution in [0.15, 0.2) is 59.5 Å². The van der Waals surface area contributed by atoms with Gasteiger partial charge in [0.2, 0.25) is 0 Å². The SMILES string of the molecule is Cc1cc(-c2ccc(N3CCN(CC(C)C)CC3)cc2)nc2c1nc(-c1ccc(S(C)(=O)=O)cc1)n2C. The van der Waals surface area contributed by atoms with Gasteiger partial charge in [-0.25, -0.2) is 18.4 Å². The minimum absolute atomic E-state index is 0.299. The molecule has 0 spiro atoms. The third kappa shape index (κ3) is 5.26. The highest BCUT2D eigenvalue weighted by molar-refractivity contribution is 7.90. The molecule has 2 aromatic heterocycles. The van der Waals surface area contributed by atoms with Crippen LogP contribution in [0.1, 0.15) is 19.4 Å². The molecule has 3 heterocycles. The molecule has 194 valence electrons. The van der Waals surface area contributed by atoms with Crippen LogP contribution in [0.3, 0.4) is 0 Å². The number of nitrogens with zero attached hydrogens (tertiary/aromatic N) is 5. The number of fused-ring (bicyclic) bond motifs is 1. The van der Waals surface area contributed by atoms with E-state index in [-0.39, 0.29) is 0 Å². The fourth-order valence-electron chi connectivity index (χ4n) is 5.11. The van der Waals surface area contributed by atoms with Crippen molar-refractivity contribution >= 4 is 26.7 Å². The van der Waals surface area contributed by atoms with Crippen molar-refractivity contribution in [2.75, 3.05) is 43.9 Å². The predicted octanol–water partition coefficient (Wildman–Crippen LogP) is 4.79. The molecular weight excluding hydrogens is 482 g/mol. The second kappa shape index (κ2) is 9.91. The Morgan fingerprint density at radius 2 is 1.51 bits per heavy atom. The van der Waals surface area contributed by atoms with E-state index in [0.29, 0.717) is 10.8 Å². The van der Waals surface area contributed by atoms with Crippen molar-refractivity contribution in [1.29, 1.82) is 0 Å². The van der Waals surface area contributed by atoms with Crippen molar-refractivity contribution in [3.63, 3.8) is 0 Å². The molecule has 1 saturated heterocycles. The summed E-state index contributed by atoms with van der Waals surface area (Å²) in [5.74, 6) is 1.46. The summed E-state index contributed by atoms with van der Waals surface area (Å²) in [6.07, 6.45) is 1.21. The average Bonchev–Trinajstić information content (AvgIpc) is 3.21. The second-order valence-corrected chi connectivity index (χ2v) is 12.5. The highest BCUT2D eigenvalue weighted by Gasteiger charge is 2.19. The smallest absolute Gasteiger partial charge is 0.175 e. The first-order chi connectivity index (χ1) is 17.6. The summed E-state index contributed by atoms with van der Waals surface area (Å²) in [7, 11) is -1.29. The summed E-state index contributed by atoms with van der Waals surface area (Å²) in [6.45, 7) is 12.1. The number of benzene rings is 2. The van der Waals surface area contributed by atoms with Gasteiger partial charge in [-0.3, -0.25) is 4.90 Å². The highest BCUT2D eigenvalue weighted by atomic mass is 32.2. The maximum absolute atomic E-state index is 11.8. The van der Waals surface area contributed by atoms with Gasteiger partial charge in [-0.15, -0.1) is 0 Å². The van der Waals surface area contributed by atoms with Crippen molar-refractivity contribution in [3.05, 3.63) is 60.2 Å². The van der Waals surface area contributed by atoms with Gasteiger partial charge in [-0.1, -0.05) is 26.0 Å². The number of pyridine rings is 1. The largest absolute Gasteiger partial charge is 0.369 e. The summed E-state index contributed by atoms with van der Waals surface area (Å²) in [5, 5.41) is 0. The van der Waals surface area contributed by atoms with Gasteiger partial charge >= 0.3 is 0 Å². The predicted molar refractivity (Wildman–Crippen MR) is 151 cm³/mol. The van der Waals surface area contributed by atoms with E-state index in [4.69, 9.17) is 9.97 Å². The van der Waals surface area contributed by atoms with Gasteiger partial charge in [0.05, 0.1) is 10.6 Å². The maximum atomic E-state index is 11.8. The lowest BCUT2D eigenvalue weighted by Crippen LogP contribution is -2.47. The fourth-order valence-corrected chi connectivity index (χ4v) is 5.74. The lowest BCUT2D eigenvalue weighted by Gasteiger charge is -2.36. The van der Waals surface area contributed by atoms with Crippen LogP contribution in [-0.4, -0.2) is 66.8 Å². The zero-order chi connectivity index (χ0) is 26.3. The quantitative estimate of drug-likeness (QED) is 0.366. The molecule has 37 heavy (non-hydrogen) atoms. The van der Waals surface area contributed by atoms with E-state index < -0.39 is 9.84 Å². The number of sulfone groups is 1. The van der Waals surface area contributed by atoms with Crippen molar-refractivity contribution < 1.29 is 8.42 Å². The molecule has 1 fully saturated rings. The van der Waals surface area contributed by atoms with Crippen molar-refractivity contribution in [1.82, 2.24) is 19.4 Å². The number of aromatic nitrogens is 3. The summed E-state index contributed by atoms with van der Waals surface area (Å²) in [4.78, 5) is 15.1. The van der Waals surface area contributed by atoms with Crippen LogP contribution in [-0.2, 0) is 16.9 Å². The molecule has 4 aromatic rings. The lowest BCUT2D eigenvalue weighted by molar-refractivity contribution is 0.231. The molecule has 0 atom stereocenters. The average molecular weight is 518 g/mol. The molecular formula is C29H35N5O2S. The van der Waals surface area contributed by atoms with Crippen LogP contribution in [0.4, 0.5) is 5.69 Å². The minimum Gasteiger partial charge on any atom is -0.369 e. The van der Waals surface area contributed by atoms with Crippen molar-refractivity contribution in [2.45, 2.75) is 25.7 Å². The van der Waals surface area contributed by atoms with E-state index in [0.717, 1.165) is 65.6 Å². The molecule has 0 bridgehead atoms. The topological polar surface area (TPSA) is 71.3 Å². The summed E-state index contributed by atoms with van der Waals surface area (Å²) < 4.78 is 25.6. The molecule has 0 radical (unpaired) electrons. The van der Waals surface area contributed by atoms with Crippen LogP contribution in [0.5, 0.6) is 0 Å². The van der Waals surface area contributed by atoms with Gasteiger partial charge in [0.25, 0.3) is 0 Å². The number of hydrogen-bond donors (Lipinski definition) is 0. The van der Waals surface area contributed by atoms with E-state index in [2.05, 4.69) is 60.9 Å². The number of rotatable bonds is 6. The standard InChI is InChI=1S/C29H35N5O2S/c1-20(2)19-33-14-16-34(17-15-33)24-10-6-22(7-11-24)26-18-21(3)27-29(30-26)32(4)28(31-27)23-8-12-25(13-9-23)37(5,35)36/h6-13,18,20H,14-17,19H2,1-5H3. The Balaban J connectivity index is 1.39. The molecule has 1 aliphatic rings. The highest BCUT2D eigenvalue weighted by Crippen LogP contribution is 2.30. The van der Waals surface area contributed by atoms with E-state index in [1.54, 1.807) is 24.3 Å². The second-order valence-electron chi connectivity index (χ2n) is 10.5. The molecule has 8 heteroatoms. The minimum atomic E-state index is -3.24. The number of anilines is 1. The Hall–Kier alpha value is -3.23. The Bertz CT molecular complexity index is 1520. The van der Waals surface area contributed by atoms with Gasteiger partial charge in [0.1, 0.15) is 11.3 Å². The van der Waals surface area contributed by atoms with Crippen LogP contribution in [0, 0.1) is 12.8 Å². The number of piperazine rings is 1. The Morgan fingerprint density at radius 1 is 0.892 bits per heavy atom. The normalized spacial score (nSPS) is 15.1. The van der Waals surface area contributed by atoms with E-state index in [1.807, 2.05) is 11.6 Å². The van der Waals surface area contributed by atoms with Crippen molar-refractivity contribution in [3.8, 4) is 22.6 Å². The maximum Gasteiger partial charge on any atom is 0.175 e. The molecule has 2 aromatic carbocycles. The number of hydrogen-bond acceptors (Lipinski definition) is 6. The monoisotopic (exact) mass is 517 g/mol. The summed E-state index contributed by atoms with van der Waals surface area (Å²) >= 11 is 0. The zero-order valence-corrected chi connectivity index (χ0v) is 23.1. The Morgan fingerprint density at radius 3 is 2.11 bits per heavy atom. The van der Waals surface area contributed by atoms with Crippen LogP contribution in [0.2, 0.25) is 0 Å². The lowest BCUT2D eigenvalue weighted by atomic mass is 10.1. The molecule has 0 amide bonds. The van der Waals surface area contributed by atoms with Gasteiger partial charge in [-0.05, 0) is 60.9 Å². The van der Waals surface area contributed by atoms with E-state index in [1.165, 1.54) is 18.5 Å². The van der Waals surface area contributed by atoms with Crippen LogP contribution >= 0.6 is 0 Å². The summed E-state index contributed by atoms with van der Waals surface area (Å²) in [6, 6.07) is 17.7. The molecule has 1 aliphatic heterocycles. The zero-order valence-electron chi connectivity index (χ0n) is 22.3. The number of imidazole rings is 1. The first-order valence-electron chi connectivity index (χ1n) is 12.8. The third-order valence-corrected chi connectivity index (χ3v) is 8.21.